The summed E-state index contributed by atoms with van der Waals surface area (Å²) in [4.78, 5) is 0. The molecular weight excluding hydrogens is 160 g/mol. The molecule has 0 spiro atoms. The third-order valence-corrected chi connectivity index (χ3v) is 3.93. The molecule has 2 heteroatoms. The van der Waals surface area contributed by atoms with Crippen LogP contribution in [-0.4, -0.2) is 11.5 Å². The molecule has 0 rings (SSSR count). The first-order valence-corrected chi connectivity index (χ1v) is 6.36. The van der Waals surface area contributed by atoms with Crippen LogP contribution < -0.4 is 0 Å². The molecule has 0 bridgehead atoms. The molecule has 0 saturated heterocycles. The smallest absolute Gasteiger partial charge is 0.000238 e. The summed E-state index contributed by atoms with van der Waals surface area (Å²) in [5.41, 5.74) is 0. The van der Waals surface area contributed by atoms with E-state index in [1.807, 2.05) is 0 Å². The Hall–Kier alpha value is 0.570. The highest BCUT2D eigenvalue weighted by molar-refractivity contribution is 8.28. The van der Waals surface area contributed by atoms with E-state index in [9.17, 15) is 0 Å². The van der Waals surface area contributed by atoms with E-state index in [0.717, 1.165) is 11.8 Å². The second-order valence-electron chi connectivity index (χ2n) is 3.56. The van der Waals surface area contributed by atoms with Gasteiger partial charge in [0.1, 0.15) is 0 Å². The monoisotopic (exact) mass is 178 g/mol. The number of rotatable bonds is 4. The van der Waals surface area contributed by atoms with Gasteiger partial charge in [0.2, 0.25) is 0 Å². The van der Waals surface area contributed by atoms with E-state index in [1.165, 1.54) is 11.5 Å². The molecule has 0 atom stereocenters. The van der Waals surface area contributed by atoms with Crippen molar-refractivity contribution in [1.82, 2.24) is 0 Å². The SMILES string of the molecule is CC(C)CS(=S)CC(C)C. The first kappa shape index (κ1) is 10.6. The Kier molecular flexibility index (Phi) is 5.55. The first-order chi connectivity index (χ1) is 4.52. The predicted octanol–water partition coefficient (Wildman–Crippen LogP) is 2.38. The predicted molar refractivity (Wildman–Crippen MR) is 54.1 cm³/mol. The quantitative estimate of drug-likeness (QED) is 0.637. The molecule has 0 N–H and O–H groups in total. The summed E-state index contributed by atoms with van der Waals surface area (Å²) in [5.74, 6) is 4.01. The van der Waals surface area contributed by atoms with Crippen molar-refractivity contribution in [2.75, 3.05) is 11.5 Å². The van der Waals surface area contributed by atoms with Gasteiger partial charge in [-0.15, -0.1) is 9.45 Å². The molecule has 0 aromatic rings. The van der Waals surface area contributed by atoms with Crippen molar-refractivity contribution < 1.29 is 0 Å². The molecule has 0 amide bonds. The lowest BCUT2D eigenvalue weighted by molar-refractivity contribution is 0.728. The van der Waals surface area contributed by atoms with Crippen LogP contribution in [0.3, 0.4) is 0 Å². The second-order valence-corrected chi connectivity index (χ2v) is 6.52. The Labute approximate surface area is 72.0 Å². The maximum absolute atomic E-state index is 5.32. The zero-order valence-electron chi connectivity index (χ0n) is 7.39. The largest absolute Gasteiger partial charge is 0.121 e. The Morgan fingerprint density at radius 3 is 1.50 bits per heavy atom. The van der Waals surface area contributed by atoms with Gasteiger partial charge in [-0.05, 0) is 11.8 Å². The Morgan fingerprint density at radius 1 is 1.00 bits per heavy atom. The van der Waals surface area contributed by atoms with Gasteiger partial charge in [0, 0.05) is 11.5 Å². The molecule has 0 nitrogen and oxygen atoms in total. The van der Waals surface area contributed by atoms with Gasteiger partial charge in [0.25, 0.3) is 0 Å². The summed E-state index contributed by atoms with van der Waals surface area (Å²) in [7, 11) is 0.253. The Bertz CT molecular complexity index is 93.8. The fraction of sp³-hybridized carbons (Fsp3) is 1.00. The van der Waals surface area contributed by atoms with Gasteiger partial charge in [0.05, 0.1) is 0 Å². The molecule has 0 aromatic carbocycles. The summed E-state index contributed by atoms with van der Waals surface area (Å²) < 4.78 is 0. The van der Waals surface area contributed by atoms with E-state index in [4.69, 9.17) is 11.2 Å². The van der Waals surface area contributed by atoms with Crippen LogP contribution in [0, 0.1) is 11.8 Å². The van der Waals surface area contributed by atoms with Crippen LogP contribution in [0.15, 0.2) is 0 Å². The van der Waals surface area contributed by atoms with E-state index >= 15 is 0 Å². The molecular formula is C8H18S2. The van der Waals surface area contributed by atoms with Crippen molar-refractivity contribution in [3.8, 4) is 0 Å². The van der Waals surface area contributed by atoms with Crippen molar-refractivity contribution in [2.45, 2.75) is 27.7 Å². The molecule has 0 unspecified atom stereocenters. The molecule has 0 aliphatic heterocycles. The summed E-state index contributed by atoms with van der Waals surface area (Å²) in [5, 5.41) is 0. The van der Waals surface area contributed by atoms with Crippen molar-refractivity contribution in [3.63, 3.8) is 0 Å². The van der Waals surface area contributed by atoms with Crippen LogP contribution in [0.25, 0.3) is 0 Å². The average Bonchev–Trinajstić information content (AvgIpc) is 1.58. The zero-order valence-corrected chi connectivity index (χ0v) is 9.02. The molecule has 0 aromatic heterocycles. The van der Waals surface area contributed by atoms with E-state index in [2.05, 4.69) is 27.7 Å². The molecule has 0 fully saturated rings. The lowest BCUT2D eigenvalue weighted by atomic mass is 10.3. The van der Waals surface area contributed by atoms with Crippen LogP contribution in [0.4, 0.5) is 0 Å². The second kappa shape index (κ2) is 5.25. The van der Waals surface area contributed by atoms with Gasteiger partial charge in [0.15, 0.2) is 0 Å². The van der Waals surface area contributed by atoms with E-state index < -0.39 is 0 Å². The number of hydrogen-bond donors (Lipinski definition) is 0. The molecule has 0 heterocycles. The first-order valence-electron chi connectivity index (χ1n) is 3.87. The highest BCUT2D eigenvalue weighted by Gasteiger charge is 2.01. The van der Waals surface area contributed by atoms with E-state index in [-0.39, 0.29) is 9.45 Å². The minimum absolute atomic E-state index is 0.253. The van der Waals surface area contributed by atoms with Crippen LogP contribution in [0.2, 0.25) is 0 Å². The van der Waals surface area contributed by atoms with E-state index in [0.29, 0.717) is 0 Å². The zero-order chi connectivity index (χ0) is 8.15. The van der Waals surface area contributed by atoms with Gasteiger partial charge in [-0.3, -0.25) is 0 Å². The lowest BCUT2D eigenvalue weighted by Crippen LogP contribution is -2.10. The molecule has 0 aliphatic rings. The minimum atomic E-state index is 0.253. The Balaban J connectivity index is 3.44. The summed E-state index contributed by atoms with van der Waals surface area (Å²) in [6, 6.07) is 0. The standard InChI is InChI=1S/C8H18S2/c1-7(2)5-10(9)6-8(3)4/h7-8H,5-6H2,1-4H3. The normalized spacial score (nSPS) is 11.9. The molecule has 10 heavy (non-hydrogen) atoms. The van der Waals surface area contributed by atoms with Crippen molar-refractivity contribution >= 4 is 20.6 Å². The number of hydrogen-bond acceptors (Lipinski definition) is 1. The summed E-state index contributed by atoms with van der Waals surface area (Å²) >= 11 is 5.32. The maximum Gasteiger partial charge on any atom is 0.000238 e. The third kappa shape index (κ3) is 6.69. The maximum atomic E-state index is 5.32. The highest BCUT2D eigenvalue weighted by Crippen LogP contribution is 2.01. The molecule has 0 radical (unpaired) electrons. The third-order valence-electron chi connectivity index (χ3n) is 1.04. The average molecular weight is 178 g/mol. The van der Waals surface area contributed by atoms with Crippen molar-refractivity contribution in [3.05, 3.63) is 0 Å². The molecule has 0 saturated carbocycles. The van der Waals surface area contributed by atoms with Gasteiger partial charge in [-0.25, -0.2) is 0 Å². The van der Waals surface area contributed by atoms with Crippen molar-refractivity contribution in [1.29, 1.82) is 0 Å². The van der Waals surface area contributed by atoms with Gasteiger partial charge in [-0.1, -0.05) is 38.9 Å². The molecule has 0 aliphatic carbocycles. The van der Waals surface area contributed by atoms with Crippen molar-refractivity contribution in [2.24, 2.45) is 11.8 Å². The van der Waals surface area contributed by atoms with Crippen LogP contribution >= 0.6 is 0 Å². The van der Waals surface area contributed by atoms with Crippen LogP contribution in [0.5, 0.6) is 0 Å². The minimum Gasteiger partial charge on any atom is -0.121 e. The summed E-state index contributed by atoms with van der Waals surface area (Å²) in [6.45, 7) is 8.97. The van der Waals surface area contributed by atoms with Crippen LogP contribution in [-0.2, 0) is 20.6 Å². The van der Waals surface area contributed by atoms with Gasteiger partial charge < -0.3 is 0 Å². The van der Waals surface area contributed by atoms with E-state index in [1.54, 1.807) is 0 Å². The highest BCUT2D eigenvalue weighted by atomic mass is 32.8. The Morgan fingerprint density at radius 2 is 1.30 bits per heavy atom. The summed E-state index contributed by atoms with van der Waals surface area (Å²) in [6.07, 6.45) is 0. The van der Waals surface area contributed by atoms with Gasteiger partial charge >= 0.3 is 0 Å². The molecule has 62 valence electrons. The lowest BCUT2D eigenvalue weighted by Gasteiger charge is -2.09. The van der Waals surface area contributed by atoms with Gasteiger partial charge in [-0.2, -0.15) is 0 Å². The van der Waals surface area contributed by atoms with Crippen LogP contribution in [0.1, 0.15) is 27.7 Å². The fourth-order valence-electron chi connectivity index (χ4n) is 0.812. The topological polar surface area (TPSA) is 0 Å². The fourth-order valence-corrected chi connectivity index (χ4v) is 4.07.